The van der Waals surface area contributed by atoms with Gasteiger partial charge in [0.25, 0.3) is 5.91 Å². The minimum Gasteiger partial charge on any atom is -0.454 e. The van der Waals surface area contributed by atoms with Crippen LogP contribution in [-0.2, 0) is 26.0 Å². The van der Waals surface area contributed by atoms with E-state index in [4.69, 9.17) is 14.2 Å². The summed E-state index contributed by atoms with van der Waals surface area (Å²) >= 11 is 1.33. The number of sulfonamides is 1. The van der Waals surface area contributed by atoms with Crippen LogP contribution in [0.2, 0.25) is 0 Å². The highest BCUT2D eigenvalue weighted by Crippen LogP contribution is 2.36. The van der Waals surface area contributed by atoms with Crippen LogP contribution in [0.1, 0.15) is 47.1 Å². The minimum absolute atomic E-state index is 0.00400. The van der Waals surface area contributed by atoms with Crippen molar-refractivity contribution < 1.29 is 37.3 Å². The molecule has 2 aliphatic heterocycles. The van der Waals surface area contributed by atoms with Crippen molar-refractivity contribution in [2.75, 3.05) is 26.1 Å². The molecule has 0 spiro atoms. The first-order chi connectivity index (χ1) is 21.0. The normalized spacial score (nSPS) is 21.3. The second-order valence-corrected chi connectivity index (χ2v) is 16.0. The summed E-state index contributed by atoms with van der Waals surface area (Å²) in [5.41, 5.74) is 3.28. The molecule has 2 aromatic rings. The van der Waals surface area contributed by atoms with Crippen molar-refractivity contribution in [2.45, 2.75) is 81.5 Å². The molecule has 0 aliphatic carbocycles. The highest BCUT2D eigenvalue weighted by Gasteiger charge is 2.53. The van der Waals surface area contributed by atoms with Crippen molar-refractivity contribution in [2.24, 2.45) is 5.92 Å². The third-order valence-corrected chi connectivity index (χ3v) is 10.5. The molecule has 2 aliphatic rings. The number of rotatable bonds is 12. The van der Waals surface area contributed by atoms with Gasteiger partial charge >= 0.3 is 6.09 Å². The van der Waals surface area contributed by atoms with Crippen LogP contribution >= 0.6 is 11.8 Å². The minimum atomic E-state index is -4.09. The molecule has 3 N–H and O–H groups in total. The van der Waals surface area contributed by atoms with Crippen LogP contribution in [0.3, 0.4) is 0 Å². The number of aliphatic hydroxyl groups is 1. The topological polar surface area (TPSA) is 147 Å². The first kappa shape index (κ1) is 34.8. The first-order valence-corrected chi connectivity index (χ1v) is 17.5. The smallest absolute Gasteiger partial charge is 0.408 e. The zero-order valence-electron chi connectivity index (χ0n) is 26.8. The molecule has 4 rings (SSSR count). The molecule has 1 unspecified atom stereocenters. The number of ether oxygens (including phenoxy) is 3. The fourth-order valence-electron chi connectivity index (χ4n) is 5.22. The molecule has 2 heterocycles. The number of hydrogen-bond donors (Lipinski definition) is 3. The second-order valence-electron chi connectivity index (χ2n) is 12.8. The Hall–Kier alpha value is -3.04. The van der Waals surface area contributed by atoms with Crippen molar-refractivity contribution in [1.29, 1.82) is 0 Å². The summed E-state index contributed by atoms with van der Waals surface area (Å²) in [4.78, 5) is 25.8. The molecule has 0 radical (unpaired) electrons. The molecule has 248 valence electrons. The van der Waals surface area contributed by atoms with Gasteiger partial charge in [-0.2, -0.15) is 4.31 Å². The van der Waals surface area contributed by atoms with Crippen molar-refractivity contribution in [3.63, 3.8) is 0 Å². The van der Waals surface area contributed by atoms with Crippen LogP contribution in [-0.4, -0.2) is 89.6 Å². The summed E-state index contributed by atoms with van der Waals surface area (Å²) < 4.78 is 45.3. The summed E-state index contributed by atoms with van der Waals surface area (Å²) in [7, 11) is -4.09. The van der Waals surface area contributed by atoms with Gasteiger partial charge in [-0.15, -0.1) is 11.8 Å². The number of amides is 2. The Kier molecular flexibility index (Phi) is 10.6. The molecule has 2 aromatic carbocycles. The standard InChI is InChI=1S/C31H44N4O8S2/c1-20(2)17-34(45(39,40)22-13-14-25-26(16-22)42-19-41-25)18-24(36)23(15-21-11-9-8-10-12-21)35-28(37)27(31(6,33-35)44-7)32-29(38)43-30(3,4)5/h8-14,16,20,23-24,27,33,36H,15,17-19H2,1-7H3,(H,32,38)/t23-,24+,27+,31?/m0/s1. The number of nitrogens with zero attached hydrogens (tertiary/aromatic N) is 2. The predicted octanol–water partition coefficient (Wildman–Crippen LogP) is 3.35. The number of thioether (sulfide) groups is 1. The maximum absolute atomic E-state index is 14.0. The van der Waals surface area contributed by atoms with Gasteiger partial charge < -0.3 is 24.6 Å². The molecule has 1 saturated heterocycles. The van der Waals surface area contributed by atoms with Crippen molar-refractivity contribution in [3.8, 4) is 11.5 Å². The quantitative estimate of drug-likeness (QED) is 0.309. The number of hydrogen-bond acceptors (Lipinski definition) is 10. The summed E-state index contributed by atoms with van der Waals surface area (Å²) in [5.74, 6) is 0.237. The lowest BCUT2D eigenvalue weighted by Crippen LogP contribution is -2.56. The monoisotopic (exact) mass is 664 g/mol. The predicted molar refractivity (Wildman–Crippen MR) is 171 cm³/mol. The fraction of sp³-hybridized carbons (Fsp3) is 0.548. The second kappa shape index (κ2) is 13.8. The largest absolute Gasteiger partial charge is 0.454 e. The number of aliphatic hydroxyl groups excluding tert-OH is 1. The molecule has 0 saturated carbocycles. The molecule has 14 heteroatoms. The number of carbonyl (C=O) groups is 2. The van der Waals surface area contributed by atoms with E-state index in [1.54, 1.807) is 40.0 Å². The molecule has 12 nitrogen and oxygen atoms in total. The number of nitrogens with one attached hydrogen (secondary N) is 2. The number of carbonyl (C=O) groups excluding carboxylic acids is 2. The molecule has 0 aromatic heterocycles. The van der Waals surface area contributed by atoms with Gasteiger partial charge in [-0.25, -0.2) is 18.6 Å². The third kappa shape index (κ3) is 8.22. The van der Waals surface area contributed by atoms with Crippen LogP contribution in [0.4, 0.5) is 4.79 Å². The van der Waals surface area contributed by atoms with E-state index < -0.39 is 50.7 Å². The zero-order valence-corrected chi connectivity index (χ0v) is 28.4. The third-order valence-electron chi connectivity index (χ3n) is 7.47. The summed E-state index contributed by atoms with van der Waals surface area (Å²) in [6.45, 7) is 10.6. The average molecular weight is 665 g/mol. The van der Waals surface area contributed by atoms with Gasteiger partial charge in [-0.3, -0.25) is 9.80 Å². The van der Waals surface area contributed by atoms with Crippen LogP contribution in [0.5, 0.6) is 11.5 Å². The lowest BCUT2D eigenvalue weighted by Gasteiger charge is -2.36. The highest BCUT2D eigenvalue weighted by molar-refractivity contribution is 8.00. The molecule has 0 bridgehead atoms. The Morgan fingerprint density at radius 3 is 2.47 bits per heavy atom. The van der Waals surface area contributed by atoms with Crippen LogP contribution in [0.15, 0.2) is 53.4 Å². The van der Waals surface area contributed by atoms with Crippen LogP contribution in [0, 0.1) is 5.92 Å². The molecular formula is C31H44N4O8S2. The van der Waals surface area contributed by atoms with E-state index in [1.165, 1.54) is 33.2 Å². The Morgan fingerprint density at radius 1 is 1.18 bits per heavy atom. The average Bonchev–Trinajstić information content (AvgIpc) is 3.53. The summed E-state index contributed by atoms with van der Waals surface area (Å²) in [6, 6.07) is 11.8. The van der Waals surface area contributed by atoms with E-state index in [0.717, 1.165) is 5.56 Å². The lowest BCUT2D eigenvalue weighted by atomic mass is 10.00. The number of fused-ring (bicyclic) bond motifs is 1. The highest BCUT2D eigenvalue weighted by atomic mass is 32.2. The van der Waals surface area contributed by atoms with Gasteiger partial charge in [0.2, 0.25) is 16.8 Å². The summed E-state index contributed by atoms with van der Waals surface area (Å²) in [5, 5.41) is 15.9. The molecule has 45 heavy (non-hydrogen) atoms. The Labute approximate surface area is 269 Å². The van der Waals surface area contributed by atoms with E-state index in [1.807, 2.05) is 44.2 Å². The Morgan fingerprint density at radius 2 is 1.84 bits per heavy atom. The lowest BCUT2D eigenvalue weighted by molar-refractivity contribution is -0.136. The van der Waals surface area contributed by atoms with Crippen LogP contribution < -0.4 is 20.2 Å². The zero-order chi connectivity index (χ0) is 33.2. The molecule has 4 atom stereocenters. The Balaban J connectivity index is 1.66. The van der Waals surface area contributed by atoms with E-state index in [2.05, 4.69) is 10.7 Å². The van der Waals surface area contributed by atoms with Gasteiger partial charge in [-0.1, -0.05) is 44.2 Å². The molecular weight excluding hydrogens is 620 g/mol. The van der Waals surface area contributed by atoms with E-state index in [0.29, 0.717) is 11.5 Å². The first-order valence-electron chi connectivity index (χ1n) is 14.8. The van der Waals surface area contributed by atoms with Gasteiger partial charge in [0, 0.05) is 19.2 Å². The molecule has 2 amide bonds. The maximum Gasteiger partial charge on any atom is 0.408 e. The summed E-state index contributed by atoms with van der Waals surface area (Å²) in [6.07, 6.45) is -0.0546. The SMILES string of the molecule is CSC1(C)NN([C@@H](Cc2ccccc2)[C@H](O)CN(CC(C)C)S(=O)(=O)c2ccc3c(c2)OCO3)C(=O)[C@H]1NC(=O)OC(C)(C)C. The van der Waals surface area contributed by atoms with E-state index in [-0.39, 0.29) is 37.1 Å². The van der Waals surface area contributed by atoms with Gasteiger partial charge in [-0.05, 0) is 64.0 Å². The van der Waals surface area contributed by atoms with Crippen molar-refractivity contribution in [3.05, 3.63) is 54.1 Å². The Bertz CT molecular complexity index is 1470. The van der Waals surface area contributed by atoms with Gasteiger partial charge in [0.15, 0.2) is 11.5 Å². The molecule has 1 fully saturated rings. The van der Waals surface area contributed by atoms with Crippen molar-refractivity contribution >= 4 is 33.8 Å². The maximum atomic E-state index is 14.0. The van der Waals surface area contributed by atoms with E-state index >= 15 is 0 Å². The van der Waals surface area contributed by atoms with Crippen molar-refractivity contribution in [1.82, 2.24) is 20.1 Å². The number of benzene rings is 2. The van der Waals surface area contributed by atoms with Gasteiger partial charge in [0.05, 0.1) is 17.0 Å². The van der Waals surface area contributed by atoms with E-state index in [9.17, 15) is 23.1 Å². The number of alkyl carbamates (subject to hydrolysis) is 1. The number of hydrazine groups is 1. The van der Waals surface area contributed by atoms with Crippen LogP contribution in [0.25, 0.3) is 0 Å². The fourth-order valence-corrected chi connectivity index (χ4v) is 7.44. The van der Waals surface area contributed by atoms with Gasteiger partial charge in [0.1, 0.15) is 16.5 Å².